The van der Waals surface area contributed by atoms with Crippen LogP contribution in [-0.4, -0.2) is 38.2 Å². The summed E-state index contributed by atoms with van der Waals surface area (Å²) in [6.45, 7) is 2.30. The van der Waals surface area contributed by atoms with E-state index in [0.717, 1.165) is 18.8 Å². The number of tetrazole rings is 1. The van der Waals surface area contributed by atoms with Gasteiger partial charge in [0.15, 0.2) is 5.82 Å². The van der Waals surface area contributed by atoms with Gasteiger partial charge in [-0.15, -0.1) is 15.0 Å². The molecule has 0 bridgehead atoms. The SMILES string of the molecule is Clc1ccc(-n2nnc(/C=C\C=C/N3CC3)n2)cc1. The van der Waals surface area contributed by atoms with E-state index in [-0.39, 0.29) is 0 Å². The van der Waals surface area contributed by atoms with E-state index in [9.17, 15) is 0 Å². The molecule has 1 fully saturated rings. The number of nitrogens with zero attached hydrogens (tertiary/aromatic N) is 5. The maximum absolute atomic E-state index is 5.83. The molecule has 0 atom stereocenters. The van der Waals surface area contributed by atoms with Gasteiger partial charge in [0.2, 0.25) is 0 Å². The van der Waals surface area contributed by atoms with Crippen LogP contribution in [0.5, 0.6) is 0 Å². The predicted molar refractivity (Wildman–Crippen MR) is 73.9 cm³/mol. The van der Waals surface area contributed by atoms with Gasteiger partial charge in [0.25, 0.3) is 0 Å². The molecule has 3 rings (SSSR count). The molecule has 6 heteroatoms. The maximum Gasteiger partial charge on any atom is 0.198 e. The van der Waals surface area contributed by atoms with E-state index < -0.39 is 0 Å². The summed E-state index contributed by atoms with van der Waals surface area (Å²) in [6.07, 6.45) is 7.73. The van der Waals surface area contributed by atoms with Crippen LogP contribution in [0.2, 0.25) is 5.02 Å². The maximum atomic E-state index is 5.83. The smallest absolute Gasteiger partial charge is 0.198 e. The zero-order chi connectivity index (χ0) is 13.1. The average molecular weight is 274 g/mol. The van der Waals surface area contributed by atoms with Crippen molar-refractivity contribution in [3.8, 4) is 5.69 Å². The first-order chi connectivity index (χ1) is 9.31. The molecule has 2 aromatic rings. The van der Waals surface area contributed by atoms with Gasteiger partial charge in [0.05, 0.1) is 5.69 Å². The molecule has 1 aliphatic rings. The largest absolute Gasteiger partial charge is 0.374 e. The molecule has 1 aromatic carbocycles. The lowest BCUT2D eigenvalue weighted by molar-refractivity contribution is 0.719. The summed E-state index contributed by atoms with van der Waals surface area (Å²) in [5.74, 6) is 0.574. The Morgan fingerprint density at radius 2 is 1.89 bits per heavy atom. The van der Waals surface area contributed by atoms with E-state index in [2.05, 4.69) is 20.3 Å². The standard InChI is InChI=1S/C13H12ClN5/c14-11-4-6-12(7-5-11)19-16-13(15-17-19)3-1-2-8-18-9-10-18/h1-8H,9-10H2/b3-1-,8-2-. The van der Waals surface area contributed by atoms with Crippen LogP contribution in [0.4, 0.5) is 0 Å². The van der Waals surface area contributed by atoms with Crippen LogP contribution in [0.1, 0.15) is 5.82 Å². The third kappa shape index (κ3) is 3.20. The Kier molecular flexibility index (Phi) is 3.29. The van der Waals surface area contributed by atoms with E-state index in [0.29, 0.717) is 10.8 Å². The molecule has 1 saturated heterocycles. The Balaban J connectivity index is 1.69. The molecule has 0 amide bonds. The number of allylic oxidation sites excluding steroid dienone is 2. The second-order valence-electron chi connectivity index (χ2n) is 4.15. The van der Waals surface area contributed by atoms with Crippen LogP contribution >= 0.6 is 11.6 Å². The van der Waals surface area contributed by atoms with Crippen molar-refractivity contribution in [2.45, 2.75) is 0 Å². The summed E-state index contributed by atoms with van der Waals surface area (Å²) >= 11 is 5.83. The molecule has 0 unspecified atom stereocenters. The van der Waals surface area contributed by atoms with E-state index in [4.69, 9.17) is 11.6 Å². The normalized spacial score (nSPS) is 14.7. The second kappa shape index (κ2) is 5.24. The van der Waals surface area contributed by atoms with Gasteiger partial charge in [-0.1, -0.05) is 17.7 Å². The summed E-state index contributed by atoms with van der Waals surface area (Å²) in [6, 6.07) is 7.28. The number of hydrogen-bond donors (Lipinski definition) is 0. The summed E-state index contributed by atoms with van der Waals surface area (Å²) in [4.78, 5) is 3.67. The summed E-state index contributed by atoms with van der Waals surface area (Å²) in [5, 5.41) is 12.9. The first kappa shape index (κ1) is 11.9. The molecule has 1 aliphatic heterocycles. The van der Waals surface area contributed by atoms with Gasteiger partial charge in [0.1, 0.15) is 0 Å². The number of aromatic nitrogens is 4. The molecule has 0 spiro atoms. The topological polar surface area (TPSA) is 46.6 Å². The fourth-order valence-electron chi connectivity index (χ4n) is 1.50. The minimum absolute atomic E-state index is 0.574. The van der Waals surface area contributed by atoms with Gasteiger partial charge in [-0.2, -0.15) is 0 Å². The molecule has 5 nitrogen and oxygen atoms in total. The highest BCUT2D eigenvalue weighted by atomic mass is 35.5. The van der Waals surface area contributed by atoms with Crippen molar-refractivity contribution >= 4 is 17.7 Å². The number of halogens is 1. The predicted octanol–water partition coefficient (Wildman–Crippen LogP) is 2.16. The van der Waals surface area contributed by atoms with E-state index in [1.165, 1.54) is 4.80 Å². The lowest BCUT2D eigenvalue weighted by Crippen LogP contribution is -1.98. The fraction of sp³-hybridized carbons (Fsp3) is 0.154. The Morgan fingerprint density at radius 3 is 2.63 bits per heavy atom. The first-order valence-corrected chi connectivity index (χ1v) is 6.34. The highest BCUT2D eigenvalue weighted by Crippen LogP contribution is 2.11. The van der Waals surface area contributed by atoms with Gasteiger partial charge < -0.3 is 4.90 Å². The Labute approximate surface area is 115 Å². The van der Waals surface area contributed by atoms with Crippen molar-refractivity contribution < 1.29 is 0 Å². The summed E-state index contributed by atoms with van der Waals surface area (Å²) in [5.41, 5.74) is 0.830. The van der Waals surface area contributed by atoms with Gasteiger partial charge in [-0.05, 0) is 47.8 Å². The van der Waals surface area contributed by atoms with Gasteiger partial charge in [0, 0.05) is 18.1 Å². The lowest BCUT2D eigenvalue weighted by atomic mass is 10.3. The van der Waals surface area contributed by atoms with Crippen LogP contribution in [0.25, 0.3) is 11.8 Å². The Morgan fingerprint density at radius 1 is 1.11 bits per heavy atom. The van der Waals surface area contributed by atoms with Crippen LogP contribution in [-0.2, 0) is 0 Å². The van der Waals surface area contributed by atoms with Crippen LogP contribution in [0.3, 0.4) is 0 Å². The quantitative estimate of drug-likeness (QED) is 0.633. The van der Waals surface area contributed by atoms with Crippen molar-refractivity contribution in [1.29, 1.82) is 0 Å². The molecule has 1 aromatic heterocycles. The highest BCUT2D eigenvalue weighted by Gasteiger charge is 2.09. The molecular weight excluding hydrogens is 262 g/mol. The number of benzene rings is 1. The van der Waals surface area contributed by atoms with Crippen molar-refractivity contribution in [2.75, 3.05) is 13.1 Å². The third-order valence-electron chi connectivity index (χ3n) is 2.62. The minimum atomic E-state index is 0.574. The molecular formula is C13H12ClN5. The summed E-state index contributed by atoms with van der Waals surface area (Å²) < 4.78 is 0. The van der Waals surface area contributed by atoms with E-state index in [1.807, 2.05) is 36.6 Å². The Hall–Kier alpha value is -2.14. The minimum Gasteiger partial charge on any atom is -0.374 e. The number of rotatable bonds is 4. The van der Waals surface area contributed by atoms with Crippen molar-refractivity contribution in [1.82, 2.24) is 25.1 Å². The summed E-state index contributed by atoms with van der Waals surface area (Å²) in [7, 11) is 0. The zero-order valence-electron chi connectivity index (χ0n) is 10.1. The molecule has 0 radical (unpaired) electrons. The van der Waals surface area contributed by atoms with E-state index in [1.54, 1.807) is 12.1 Å². The molecule has 2 heterocycles. The van der Waals surface area contributed by atoms with Crippen molar-refractivity contribution in [3.63, 3.8) is 0 Å². The van der Waals surface area contributed by atoms with Gasteiger partial charge in [-0.25, -0.2) is 0 Å². The molecule has 0 aliphatic carbocycles. The van der Waals surface area contributed by atoms with Crippen molar-refractivity contribution in [2.24, 2.45) is 0 Å². The lowest BCUT2D eigenvalue weighted by Gasteiger charge is -1.96. The third-order valence-corrected chi connectivity index (χ3v) is 2.87. The molecule has 0 saturated carbocycles. The molecule has 96 valence electrons. The van der Waals surface area contributed by atoms with Gasteiger partial charge >= 0.3 is 0 Å². The zero-order valence-corrected chi connectivity index (χ0v) is 10.9. The van der Waals surface area contributed by atoms with Crippen molar-refractivity contribution in [3.05, 3.63) is 53.5 Å². The van der Waals surface area contributed by atoms with Crippen LogP contribution in [0.15, 0.2) is 42.6 Å². The fourth-order valence-corrected chi connectivity index (χ4v) is 1.62. The molecule has 0 N–H and O–H groups in total. The first-order valence-electron chi connectivity index (χ1n) is 5.96. The van der Waals surface area contributed by atoms with E-state index >= 15 is 0 Å². The van der Waals surface area contributed by atoms with Gasteiger partial charge in [-0.3, -0.25) is 0 Å². The average Bonchev–Trinajstić information content (AvgIpc) is 3.13. The number of hydrogen-bond acceptors (Lipinski definition) is 4. The highest BCUT2D eigenvalue weighted by molar-refractivity contribution is 6.30. The second-order valence-corrected chi connectivity index (χ2v) is 4.59. The monoisotopic (exact) mass is 273 g/mol. The molecule has 19 heavy (non-hydrogen) atoms. The van der Waals surface area contributed by atoms with Crippen LogP contribution < -0.4 is 0 Å². The van der Waals surface area contributed by atoms with Crippen LogP contribution in [0, 0.1) is 0 Å². The Bertz CT molecular complexity index is 610.